The van der Waals surface area contributed by atoms with Crippen molar-refractivity contribution in [3.63, 3.8) is 0 Å². The molecule has 44 heavy (non-hydrogen) atoms. The molecule has 5 rings (SSSR count). The predicted molar refractivity (Wildman–Crippen MR) is 175 cm³/mol. The maximum absolute atomic E-state index is 13.3. The molecule has 0 spiro atoms. The fourth-order valence-electron chi connectivity index (χ4n) is 5.55. The second-order valence-electron chi connectivity index (χ2n) is 11.2. The van der Waals surface area contributed by atoms with Crippen LogP contribution in [0.2, 0.25) is 0 Å². The average molecular weight is 595 g/mol. The van der Waals surface area contributed by atoms with E-state index in [9.17, 15) is 4.79 Å². The fourth-order valence-corrected chi connectivity index (χ4v) is 5.55. The van der Waals surface area contributed by atoms with Crippen LogP contribution in [-0.2, 0) is 17.8 Å². The summed E-state index contributed by atoms with van der Waals surface area (Å²) in [6.07, 6.45) is 7.70. The number of rotatable bonds is 13. The van der Waals surface area contributed by atoms with Gasteiger partial charge in [-0.05, 0) is 85.2 Å². The number of aryl methyl sites for hydroxylation is 1. The van der Waals surface area contributed by atoms with Gasteiger partial charge in [-0.3, -0.25) is 14.5 Å². The summed E-state index contributed by atoms with van der Waals surface area (Å²) >= 11 is 0. The number of amides is 1. The molecule has 1 aliphatic rings. The second-order valence-corrected chi connectivity index (χ2v) is 11.2. The van der Waals surface area contributed by atoms with Gasteiger partial charge in [0.15, 0.2) is 5.96 Å². The van der Waals surface area contributed by atoms with Gasteiger partial charge in [0.05, 0.1) is 26.0 Å². The van der Waals surface area contributed by atoms with Crippen molar-refractivity contribution >= 4 is 17.6 Å². The molecule has 0 fully saturated rings. The Morgan fingerprint density at radius 1 is 1.00 bits per heavy atom. The van der Waals surface area contributed by atoms with Gasteiger partial charge in [0.25, 0.3) is 0 Å². The number of aliphatic imine (C=N–C) groups is 1. The molecule has 0 saturated heterocycles. The number of fused-ring (bicyclic) bond motifs is 1. The third kappa shape index (κ3) is 7.78. The van der Waals surface area contributed by atoms with E-state index in [1.807, 2.05) is 52.2 Å². The first-order chi connectivity index (χ1) is 21.4. The Labute approximate surface area is 259 Å². The number of nitrogens with two attached hydrogens (primary N) is 2. The maximum atomic E-state index is 13.3. The Bertz CT molecular complexity index is 1610. The van der Waals surface area contributed by atoms with Crippen molar-refractivity contribution in [1.82, 2.24) is 9.78 Å². The molecule has 2 heterocycles. The molecule has 0 unspecified atom stereocenters. The van der Waals surface area contributed by atoms with Crippen LogP contribution in [0.5, 0.6) is 11.5 Å². The molecule has 0 bridgehead atoms. The standard InChI is InChI=1S/C35H42N6O3/c1-25-9-3-15-33(26(25)2)44-19-7-16-34(42)41-18-6-13-31-30(12-5-14-32(31)41)28-22-39-40(24-28)23-27-10-4-11-29(21-27)43-20-8-17-38-35(36)37/h3-5,9-12,14-15,21-22,24H,6-8,13,16-20,23H2,1-2H3,(H4,36,37,38). The molecule has 0 saturated carbocycles. The van der Waals surface area contributed by atoms with Gasteiger partial charge in [0, 0.05) is 43.4 Å². The van der Waals surface area contributed by atoms with E-state index < -0.39 is 0 Å². The average Bonchev–Trinajstić information content (AvgIpc) is 3.48. The van der Waals surface area contributed by atoms with Crippen LogP contribution in [0.25, 0.3) is 11.1 Å². The quantitative estimate of drug-likeness (QED) is 0.122. The minimum absolute atomic E-state index is 0.0956. The molecule has 1 aliphatic heterocycles. The molecule has 0 radical (unpaired) electrons. The number of hydrogen-bond donors (Lipinski definition) is 2. The Kier molecular flexibility index (Phi) is 10.2. The van der Waals surface area contributed by atoms with Crippen LogP contribution in [0, 0.1) is 13.8 Å². The highest BCUT2D eigenvalue weighted by Gasteiger charge is 2.24. The Hall–Kier alpha value is -4.79. The van der Waals surface area contributed by atoms with Crippen molar-refractivity contribution in [3.8, 4) is 22.6 Å². The lowest BCUT2D eigenvalue weighted by Gasteiger charge is -2.31. The van der Waals surface area contributed by atoms with Gasteiger partial charge < -0.3 is 25.8 Å². The summed E-state index contributed by atoms with van der Waals surface area (Å²) < 4.78 is 13.8. The summed E-state index contributed by atoms with van der Waals surface area (Å²) in [4.78, 5) is 19.3. The molecule has 0 atom stereocenters. The van der Waals surface area contributed by atoms with Crippen LogP contribution in [-0.4, -0.2) is 48.0 Å². The second kappa shape index (κ2) is 14.6. The summed E-state index contributed by atoms with van der Waals surface area (Å²) in [5.41, 5.74) is 18.6. The number of nitrogens with zero attached hydrogens (tertiary/aromatic N) is 4. The molecule has 4 aromatic rings. The third-order valence-electron chi connectivity index (χ3n) is 7.95. The van der Waals surface area contributed by atoms with Crippen molar-refractivity contribution in [2.45, 2.75) is 52.5 Å². The highest BCUT2D eigenvalue weighted by Crippen LogP contribution is 2.36. The first-order valence-corrected chi connectivity index (χ1v) is 15.3. The van der Waals surface area contributed by atoms with Crippen LogP contribution in [0.4, 0.5) is 5.69 Å². The Balaban J connectivity index is 1.19. The minimum atomic E-state index is 0.0956. The highest BCUT2D eigenvalue weighted by molar-refractivity contribution is 5.96. The van der Waals surface area contributed by atoms with E-state index in [4.69, 9.17) is 20.9 Å². The largest absolute Gasteiger partial charge is 0.494 e. The zero-order chi connectivity index (χ0) is 30.9. The minimum Gasteiger partial charge on any atom is -0.494 e. The normalized spacial score (nSPS) is 12.5. The van der Waals surface area contributed by atoms with Crippen molar-refractivity contribution in [3.05, 3.63) is 95.3 Å². The molecule has 230 valence electrons. The zero-order valence-electron chi connectivity index (χ0n) is 25.7. The summed E-state index contributed by atoms with van der Waals surface area (Å²) in [6.45, 7) is 7.09. The zero-order valence-corrected chi connectivity index (χ0v) is 25.7. The van der Waals surface area contributed by atoms with Gasteiger partial charge in [-0.25, -0.2) is 0 Å². The van der Waals surface area contributed by atoms with Crippen LogP contribution in [0.1, 0.15) is 47.9 Å². The maximum Gasteiger partial charge on any atom is 0.227 e. The predicted octanol–water partition coefficient (Wildman–Crippen LogP) is 5.40. The Morgan fingerprint density at radius 3 is 2.68 bits per heavy atom. The van der Waals surface area contributed by atoms with Crippen LogP contribution in [0.3, 0.4) is 0 Å². The van der Waals surface area contributed by atoms with Gasteiger partial charge >= 0.3 is 0 Å². The monoisotopic (exact) mass is 594 g/mol. The van der Waals surface area contributed by atoms with Crippen molar-refractivity contribution in [1.29, 1.82) is 0 Å². The molecule has 4 N–H and O–H groups in total. The lowest BCUT2D eigenvalue weighted by atomic mass is 9.93. The molecule has 1 aromatic heterocycles. The van der Waals surface area contributed by atoms with Crippen molar-refractivity contribution in [2.24, 2.45) is 16.5 Å². The molecule has 1 amide bonds. The number of hydrogen-bond acceptors (Lipinski definition) is 5. The molecule has 3 aromatic carbocycles. The van der Waals surface area contributed by atoms with E-state index in [0.717, 1.165) is 65.2 Å². The van der Waals surface area contributed by atoms with Crippen molar-refractivity contribution < 1.29 is 14.3 Å². The van der Waals surface area contributed by atoms with Crippen molar-refractivity contribution in [2.75, 3.05) is 31.2 Å². The summed E-state index contributed by atoms with van der Waals surface area (Å²) in [5, 5.41) is 4.65. The number of carbonyl (C=O) groups is 1. The van der Waals surface area contributed by atoms with E-state index in [1.54, 1.807) is 0 Å². The lowest BCUT2D eigenvalue weighted by Crippen LogP contribution is -2.35. The number of anilines is 1. The third-order valence-corrected chi connectivity index (χ3v) is 7.95. The number of aromatic nitrogens is 2. The fraction of sp³-hybridized carbons (Fsp3) is 0.343. The summed E-state index contributed by atoms with van der Waals surface area (Å²) in [5.74, 6) is 1.93. The molecule has 0 aliphatic carbocycles. The smallest absolute Gasteiger partial charge is 0.227 e. The number of ether oxygens (including phenoxy) is 2. The summed E-state index contributed by atoms with van der Waals surface area (Å²) in [6, 6.07) is 20.3. The van der Waals surface area contributed by atoms with Gasteiger partial charge in [0.2, 0.25) is 5.91 Å². The first kappa shape index (κ1) is 30.7. The summed E-state index contributed by atoms with van der Waals surface area (Å²) in [7, 11) is 0. The highest BCUT2D eigenvalue weighted by atomic mass is 16.5. The molecule has 9 nitrogen and oxygen atoms in total. The van der Waals surface area contributed by atoms with E-state index in [2.05, 4.69) is 54.4 Å². The van der Waals surface area contributed by atoms with E-state index in [1.165, 1.54) is 11.1 Å². The van der Waals surface area contributed by atoms with E-state index in [0.29, 0.717) is 39.1 Å². The van der Waals surface area contributed by atoms with Gasteiger partial charge in [0.1, 0.15) is 11.5 Å². The topological polar surface area (TPSA) is 121 Å². The van der Waals surface area contributed by atoms with Gasteiger partial charge in [-0.2, -0.15) is 5.10 Å². The molecule has 9 heteroatoms. The molecular weight excluding hydrogens is 552 g/mol. The van der Waals surface area contributed by atoms with Crippen LogP contribution < -0.4 is 25.8 Å². The van der Waals surface area contributed by atoms with Crippen LogP contribution in [0.15, 0.2) is 78.0 Å². The van der Waals surface area contributed by atoms with E-state index in [-0.39, 0.29) is 11.9 Å². The van der Waals surface area contributed by atoms with Gasteiger partial charge in [-0.1, -0.05) is 36.4 Å². The number of guanidine groups is 1. The number of benzene rings is 3. The first-order valence-electron chi connectivity index (χ1n) is 15.3. The van der Waals surface area contributed by atoms with Gasteiger partial charge in [-0.15, -0.1) is 0 Å². The van der Waals surface area contributed by atoms with E-state index >= 15 is 0 Å². The Morgan fingerprint density at radius 2 is 1.82 bits per heavy atom. The SMILES string of the molecule is Cc1cccc(OCCCC(=O)N2CCCc3c(-c4cnn(Cc5cccc(OCCCN=C(N)N)c5)c4)cccc32)c1C. The number of carbonyl (C=O) groups excluding carboxylic acids is 1. The lowest BCUT2D eigenvalue weighted by molar-refractivity contribution is -0.118. The molecular formula is C35H42N6O3. The van der Waals surface area contributed by atoms with Crippen LogP contribution >= 0.6 is 0 Å².